The number of guanidine groups is 1. The molecule has 1 fully saturated rings. The zero-order chi connectivity index (χ0) is 17.7. The smallest absolute Gasteiger partial charge is 0.191 e. The minimum atomic E-state index is 0. The maximum absolute atomic E-state index is 5.08. The fourth-order valence-corrected chi connectivity index (χ4v) is 3.22. The van der Waals surface area contributed by atoms with Gasteiger partial charge in [0.1, 0.15) is 0 Å². The van der Waals surface area contributed by atoms with Crippen LogP contribution >= 0.6 is 24.0 Å². The SMILES string of the molecule is CN=C(NCCCCCOC)NC1CCN(Cc2ccccc2)CC1.I. The summed E-state index contributed by atoms with van der Waals surface area (Å²) in [5.74, 6) is 0.938. The fraction of sp³-hybridized carbons (Fsp3) is 0.650. The summed E-state index contributed by atoms with van der Waals surface area (Å²) in [6, 6.07) is 11.3. The maximum Gasteiger partial charge on any atom is 0.191 e. The molecule has 1 aliphatic rings. The molecule has 1 aromatic carbocycles. The van der Waals surface area contributed by atoms with E-state index in [9.17, 15) is 0 Å². The van der Waals surface area contributed by atoms with Gasteiger partial charge in [-0.1, -0.05) is 30.3 Å². The highest BCUT2D eigenvalue weighted by Crippen LogP contribution is 2.13. The van der Waals surface area contributed by atoms with E-state index in [0.29, 0.717) is 6.04 Å². The molecule has 0 radical (unpaired) electrons. The monoisotopic (exact) mass is 474 g/mol. The van der Waals surface area contributed by atoms with Gasteiger partial charge in [-0.3, -0.25) is 9.89 Å². The third-order valence-electron chi connectivity index (χ3n) is 4.72. The normalized spacial score (nSPS) is 16.2. The number of ether oxygens (including phenoxy) is 1. The van der Waals surface area contributed by atoms with Crippen molar-refractivity contribution in [2.24, 2.45) is 4.99 Å². The van der Waals surface area contributed by atoms with Crippen molar-refractivity contribution in [3.63, 3.8) is 0 Å². The number of benzene rings is 1. The molecule has 1 aliphatic heterocycles. The molecule has 0 saturated carbocycles. The van der Waals surface area contributed by atoms with Gasteiger partial charge in [0, 0.05) is 53.0 Å². The van der Waals surface area contributed by atoms with Crippen LogP contribution in [0.15, 0.2) is 35.3 Å². The van der Waals surface area contributed by atoms with Crippen LogP contribution in [-0.2, 0) is 11.3 Å². The molecule has 2 rings (SSSR count). The number of unbranched alkanes of at least 4 members (excludes halogenated alkanes) is 2. The molecule has 26 heavy (non-hydrogen) atoms. The highest BCUT2D eigenvalue weighted by Gasteiger charge is 2.19. The predicted octanol–water partition coefficient (Wildman–Crippen LogP) is 3.25. The maximum atomic E-state index is 5.08. The molecule has 1 aromatic rings. The Morgan fingerprint density at radius 3 is 2.54 bits per heavy atom. The number of aliphatic imine (C=N–C) groups is 1. The Morgan fingerprint density at radius 1 is 1.15 bits per heavy atom. The highest BCUT2D eigenvalue weighted by atomic mass is 127. The van der Waals surface area contributed by atoms with E-state index >= 15 is 0 Å². The lowest BCUT2D eigenvalue weighted by Gasteiger charge is -2.33. The first-order chi connectivity index (χ1) is 12.3. The van der Waals surface area contributed by atoms with Crippen LogP contribution in [0.5, 0.6) is 0 Å². The van der Waals surface area contributed by atoms with Crippen molar-refractivity contribution >= 4 is 29.9 Å². The summed E-state index contributed by atoms with van der Waals surface area (Å²) in [6.07, 6.45) is 5.81. The summed E-state index contributed by atoms with van der Waals surface area (Å²) < 4.78 is 5.08. The Kier molecular flexibility index (Phi) is 12.7. The Balaban J connectivity index is 0.00000338. The number of likely N-dealkylation sites (tertiary alicyclic amines) is 1. The van der Waals surface area contributed by atoms with E-state index in [1.165, 1.54) is 24.8 Å². The van der Waals surface area contributed by atoms with Crippen LogP contribution in [-0.4, -0.2) is 57.3 Å². The summed E-state index contributed by atoms with van der Waals surface area (Å²) in [7, 11) is 3.61. The largest absolute Gasteiger partial charge is 0.385 e. The average Bonchev–Trinajstić information content (AvgIpc) is 2.66. The van der Waals surface area contributed by atoms with E-state index in [0.717, 1.165) is 51.6 Å². The third-order valence-corrected chi connectivity index (χ3v) is 4.72. The third kappa shape index (κ3) is 9.19. The van der Waals surface area contributed by atoms with Gasteiger partial charge in [-0.05, 0) is 37.7 Å². The Morgan fingerprint density at radius 2 is 1.88 bits per heavy atom. The zero-order valence-electron chi connectivity index (χ0n) is 16.2. The quantitative estimate of drug-likeness (QED) is 0.250. The molecule has 0 unspecified atom stereocenters. The first-order valence-electron chi connectivity index (χ1n) is 9.54. The average molecular weight is 474 g/mol. The van der Waals surface area contributed by atoms with Crippen molar-refractivity contribution in [2.45, 2.75) is 44.7 Å². The van der Waals surface area contributed by atoms with Gasteiger partial charge in [-0.2, -0.15) is 0 Å². The van der Waals surface area contributed by atoms with Gasteiger partial charge in [-0.25, -0.2) is 0 Å². The number of methoxy groups -OCH3 is 1. The van der Waals surface area contributed by atoms with E-state index in [-0.39, 0.29) is 24.0 Å². The van der Waals surface area contributed by atoms with Crippen molar-refractivity contribution in [2.75, 3.05) is 40.4 Å². The summed E-state index contributed by atoms with van der Waals surface area (Å²) in [6.45, 7) is 5.16. The van der Waals surface area contributed by atoms with Gasteiger partial charge >= 0.3 is 0 Å². The molecule has 0 aromatic heterocycles. The number of hydrogen-bond acceptors (Lipinski definition) is 3. The molecule has 5 nitrogen and oxygen atoms in total. The molecule has 0 atom stereocenters. The molecule has 148 valence electrons. The molecule has 0 spiro atoms. The molecular weight excluding hydrogens is 439 g/mol. The predicted molar refractivity (Wildman–Crippen MR) is 120 cm³/mol. The van der Waals surface area contributed by atoms with Gasteiger partial charge in [0.15, 0.2) is 5.96 Å². The second-order valence-electron chi connectivity index (χ2n) is 6.73. The van der Waals surface area contributed by atoms with Crippen LogP contribution < -0.4 is 10.6 Å². The van der Waals surface area contributed by atoms with Crippen LogP contribution in [0.2, 0.25) is 0 Å². The molecule has 0 bridgehead atoms. The number of rotatable bonds is 9. The number of nitrogens with zero attached hydrogens (tertiary/aromatic N) is 2. The summed E-state index contributed by atoms with van der Waals surface area (Å²) >= 11 is 0. The fourth-order valence-electron chi connectivity index (χ4n) is 3.22. The standard InChI is InChI=1S/C20H34N4O.HI/c1-21-20(22-13-7-4-8-16-25-2)23-19-11-14-24(15-12-19)17-18-9-5-3-6-10-18;/h3,5-6,9-10,19H,4,7-8,11-17H2,1-2H3,(H2,21,22,23);1H. The van der Waals surface area contributed by atoms with Gasteiger partial charge in [0.25, 0.3) is 0 Å². The van der Waals surface area contributed by atoms with Crippen LogP contribution in [0.3, 0.4) is 0 Å². The first kappa shape index (κ1) is 23.2. The first-order valence-corrected chi connectivity index (χ1v) is 9.54. The van der Waals surface area contributed by atoms with Crippen molar-refractivity contribution in [1.82, 2.24) is 15.5 Å². The van der Waals surface area contributed by atoms with Crippen LogP contribution in [0.4, 0.5) is 0 Å². The van der Waals surface area contributed by atoms with E-state index in [4.69, 9.17) is 4.74 Å². The van der Waals surface area contributed by atoms with Gasteiger partial charge < -0.3 is 15.4 Å². The van der Waals surface area contributed by atoms with E-state index in [2.05, 4.69) is 50.9 Å². The van der Waals surface area contributed by atoms with E-state index in [1.807, 2.05) is 7.05 Å². The summed E-state index contributed by atoms with van der Waals surface area (Å²) in [5.41, 5.74) is 1.40. The Bertz CT molecular complexity index is 490. The lowest BCUT2D eigenvalue weighted by atomic mass is 10.0. The Labute approximate surface area is 176 Å². The van der Waals surface area contributed by atoms with Gasteiger partial charge in [0.05, 0.1) is 0 Å². The second-order valence-corrected chi connectivity index (χ2v) is 6.73. The lowest BCUT2D eigenvalue weighted by Crippen LogP contribution is -2.48. The highest BCUT2D eigenvalue weighted by molar-refractivity contribution is 14.0. The van der Waals surface area contributed by atoms with Crippen molar-refractivity contribution in [1.29, 1.82) is 0 Å². The molecule has 1 saturated heterocycles. The number of halogens is 1. The molecule has 0 aliphatic carbocycles. The van der Waals surface area contributed by atoms with E-state index in [1.54, 1.807) is 7.11 Å². The number of nitrogens with one attached hydrogen (secondary N) is 2. The Hall–Kier alpha value is -0.860. The molecule has 2 N–H and O–H groups in total. The molecule has 6 heteroatoms. The molecular formula is C20H35IN4O. The summed E-state index contributed by atoms with van der Waals surface area (Å²) in [5, 5.41) is 7.01. The van der Waals surface area contributed by atoms with Gasteiger partial charge in [-0.15, -0.1) is 24.0 Å². The van der Waals surface area contributed by atoms with Crippen molar-refractivity contribution in [3.8, 4) is 0 Å². The van der Waals surface area contributed by atoms with Gasteiger partial charge in [0.2, 0.25) is 0 Å². The minimum Gasteiger partial charge on any atom is -0.385 e. The zero-order valence-corrected chi connectivity index (χ0v) is 18.6. The molecule has 0 amide bonds. The lowest BCUT2D eigenvalue weighted by molar-refractivity contribution is 0.192. The second kappa shape index (κ2) is 14.2. The van der Waals surface area contributed by atoms with Crippen molar-refractivity contribution in [3.05, 3.63) is 35.9 Å². The van der Waals surface area contributed by atoms with Crippen LogP contribution in [0, 0.1) is 0 Å². The van der Waals surface area contributed by atoms with Crippen LogP contribution in [0.25, 0.3) is 0 Å². The summed E-state index contributed by atoms with van der Waals surface area (Å²) in [4.78, 5) is 6.90. The molecule has 1 heterocycles. The van der Waals surface area contributed by atoms with E-state index < -0.39 is 0 Å². The van der Waals surface area contributed by atoms with Crippen molar-refractivity contribution < 1.29 is 4.74 Å². The minimum absolute atomic E-state index is 0. The number of piperidine rings is 1. The number of hydrogen-bond donors (Lipinski definition) is 2. The topological polar surface area (TPSA) is 48.9 Å². The van der Waals surface area contributed by atoms with Crippen LogP contribution in [0.1, 0.15) is 37.7 Å².